The first-order valence-electron chi connectivity index (χ1n) is 9.31. The number of pyridine rings is 1. The van der Waals surface area contributed by atoms with Crippen LogP contribution >= 0.6 is 0 Å². The van der Waals surface area contributed by atoms with Crippen molar-refractivity contribution in [1.29, 1.82) is 0 Å². The first-order chi connectivity index (χ1) is 15.1. The monoisotopic (exact) mass is 463 g/mol. The molecular formula is C22H17F4N3O2S. The first-order valence-corrected chi connectivity index (χ1v) is 10.4. The van der Waals surface area contributed by atoms with E-state index in [1.165, 1.54) is 37.4 Å². The van der Waals surface area contributed by atoms with Gasteiger partial charge in [0.1, 0.15) is 5.69 Å². The lowest BCUT2D eigenvalue weighted by atomic mass is 10.0. The molecule has 0 aliphatic carbocycles. The number of hydrogen-bond donors (Lipinski definition) is 1. The number of nitrogens with zero attached hydrogens (tertiary/aromatic N) is 2. The van der Waals surface area contributed by atoms with E-state index in [-0.39, 0.29) is 22.5 Å². The van der Waals surface area contributed by atoms with Crippen molar-refractivity contribution in [3.8, 4) is 28.3 Å². The summed E-state index contributed by atoms with van der Waals surface area (Å²) in [5, 5.41) is 0.354. The third-order valence-corrected chi connectivity index (χ3v) is 6.15. The number of halogens is 4. The SMILES string of the molecule is COc1cc(C)c(-c2ccc3c(c2)cc(-c2cccc(N)c2F)n3[S+]([O-])C(F)(F)F)cn1. The van der Waals surface area contributed by atoms with Crippen molar-refractivity contribution in [2.45, 2.75) is 12.4 Å². The fraction of sp³-hybridized carbons (Fsp3) is 0.136. The molecule has 166 valence electrons. The van der Waals surface area contributed by atoms with E-state index in [4.69, 9.17) is 10.5 Å². The second kappa shape index (κ2) is 8.03. The summed E-state index contributed by atoms with van der Waals surface area (Å²) >= 11 is -3.45. The number of benzene rings is 2. The fourth-order valence-corrected chi connectivity index (χ4v) is 4.40. The van der Waals surface area contributed by atoms with Gasteiger partial charge in [-0.25, -0.2) is 9.37 Å². The largest absolute Gasteiger partial charge is 0.599 e. The fourth-order valence-electron chi connectivity index (χ4n) is 3.52. The molecule has 4 rings (SSSR count). The number of aryl methyl sites for hydroxylation is 1. The maximum atomic E-state index is 14.7. The van der Waals surface area contributed by atoms with Gasteiger partial charge in [0.2, 0.25) is 5.88 Å². The van der Waals surface area contributed by atoms with Gasteiger partial charge in [-0.05, 0) is 48.4 Å². The summed E-state index contributed by atoms with van der Waals surface area (Å²) in [6, 6.07) is 11.8. The van der Waals surface area contributed by atoms with Crippen LogP contribution in [-0.4, -0.2) is 26.1 Å². The Bertz CT molecular complexity index is 1320. The van der Waals surface area contributed by atoms with Crippen LogP contribution in [-0.2, 0) is 11.4 Å². The molecule has 0 fully saturated rings. The number of methoxy groups -OCH3 is 1. The molecule has 0 aliphatic rings. The highest BCUT2D eigenvalue weighted by atomic mass is 32.2. The van der Waals surface area contributed by atoms with Gasteiger partial charge in [0, 0.05) is 28.8 Å². The van der Waals surface area contributed by atoms with Gasteiger partial charge in [-0.15, -0.1) is 13.2 Å². The molecule has 0 spiro atoms. The second-order valence-electron chi connectivity index (χ2n) is 7.04. The normalized spacial score (nSPS) is 12.8. The van der Waals surface area contributed by atoms with Gasteiger partial charge in [0.05, 0.1) is 18.3 Å². The molecule has 0 bridgehead atoms. The third-order valence-electron chi connectivity index (χ3n) is 5.03. The lowest BCUT2D eigenvalue weighted by Gasteiger charge is -2.17. The standard InChI is InChI=1S/C22H17F4N3O2S/c1-12-8-20(31-2)28-11-16(12)13-6-7-18-14(9-13)10-19(29(18)32(30)22(24,25)26)15-4-3-5-17(27)21(15)23/h3-11H,27H2,1-2H3. The van der Waals surface area contributed by atoms with Gasteiger partial charge < -0.3 is 15.0 Å². The number of nitrogens with two attached hydrogens (primary N) is 1. The highest BCUT2D eigenvalue weighted by Gasteiger charge is 2.48. The van der Waals surface area contributed by atoms with E-state index in [0.29, 0.717) is 20.8 Å². The third kappa shape index (κ3) is 3.76. The molecule has 0 saturated carbocycles. The lowest BCUT2D eigenvalue weighted by Crippen LogP contribution is -2.30. The Hall–Kier alpha value is -3.24. The van der Waals surface area contributed by atoms with Crippen molar-refractivity contribution in [2.75, 3.05) is 12.8 Å². The predicted molar refractivity (Wildman–Crippen MR) is 116 cm³/mol. The number of ether oxygens (including phenoxy) is 1. The molecule has 10 heteroatoms. The molecule has 0 amide bonds. The van der Waals surface area contributed by atoms with E-state index >= 15 is 0 Å². The summed E-state index contributed by atoms with van der Waals surface area (Å²) in [7, 11) is 1.49. The van der Waals surface area contributed by atoms with Gasteiger partial charge in [0.15, 0.2) is 17.2 Å². The molecule has 1 unspecified atom stereocenters. The smallest absolute Gasteiger partial charge is 0.585 e. The van der Waals surface area contributed by atoms with E-state index < -0.39 is 22.7 Å². The van der Waals surface area contributed by atoms with Gasteiger partial charge in [-0.2, -0.15) is 3.97 Å². The summed E-state index contributed by atoms with van der Waals surface area (Å²) < 4.78 is 73.0. The zero-order valence-electron chi connectivity index (χ0n) is 16.9. The molecule has 4 aromatic rings. The van der Waals surface area contributed by atoms with Crippen molar-refractivity contribution in [1.82, 2.24) is 8.96 Å². The lowest BCUT2D eigenvalue weighted by molar-refractivity contribution is -0.0444. The Morgan fingerprint density at radius 2 is 1.84 bits per heavy atom. The molecule has 0 radical (unpaired) electrons. The zero-order valence-corrected chi connectivity index (χ0v) is 17.7. The molecule has 2 heterocycles. The number of anilines is 1. The quantitative estimate of drug-likeness (QED) is 0.248. The summed E-state index contributed by atoms with van der Waals surface area (Å²) in [4.78, 5) is 4.18. The van der Waals surface area contributed by atoms with Crippen molar-refractivity contribution in [2.24, 2.45) is 0 Å². The van der Waals surface area contributed by atoms with Crippen LogP contribution in [0.15, 0.2) is 54.7 Å². The molecule has 1 atom stereocenters. The minimum atomic E-state index is -5.05. The number of hydrogen-bond acceptors (Lipinski definition) is 4. The number of rotatable bonds is 4. The molecule has 5 nitrogen and oxygen atoms in total. The van der Waals surface area contributed by atoms with Gasteiger partial charge in [0.25, 0.3) is 0 Å². The van der Waals surface area contributed by atoms with Crippen LogP contribution in [0, 0.1) is 12.7 Å². The van der Waals surface area contributed by atoms with E-state index in [9.17, 15) is 22.1 Å². The average molecular weight is 463 g/mol. The molecule has 32 heavy (non-hydrogen) atoms. The van der Waals surface area contributed by atoms with Crippen molar-refractivity contribution < 1.29 is 26.9 Å². The molecule has 2 N–H and O–H groups in total. The van der Waals surface area contributed by atoms with Crippen LogP contribution in [0.25, 0.3) is 33.3 Å². The van der Waals surface area contributed by atoms with Gasteiger partial charge in [-0.3, -0.25) is 0 Å². The molecular weight excluding hydrogens is 446 g/mol. The molecule has 0 saturated heterocycles. The Morgan fingerprint density at radius 1 is 1.09 bits per heavy atom. The number of nitrogen functional groups attached to an aromatic ring is 1. The summed E-state index contributed by atoms with van der Waals surface area (Å²) in [6.45, 7) is 1.85. The molecule has 0 aliphatic heterocycles. The van der Waals surface area contributed by atoms with Gasteiger partial charge >= 0.3 is 5.51 Å². The van der Waals surface area contributed by atoms with Crippen molar-refractivity contribution >= 4 is 28.0 Å². The summed E-state index contributed by atoms with van der Waals surface area (Å²) in [5.41, 5.74) is 2.27. The first kappa shape index (κ1) is 22.0. The minimum Gasteiger partial charge on any atom is -0.585 e. The van der Waals surface area contributed by atoms with E-state index in [1.807, 2.05) is 6.92 Å². The van der Waals surface area contributed by atoms with Crippen LogP contribution < -0.4 is 10.5 Å². The maximum Gasteiger partial charge on any atom is 0.599 e. The number of aromatic nitrogens is 2. The van der Waals surface area contributed by atoms with Crippen LogP contribution in [0.2, 0.25) is 0 Å². The Kier molecular flexibility index (Phi) is 5.51. The second-order valence-corrected chi connectivity index (χ2v) is 8.37. The van der Waals surface area contributed by atoms with Crippen LogP contribution in [0.1, 0.15) is 5.56 Å². The summed E-state index contributed by atoms with van der Waals surface area (Å²) in [6.07, 6.45) is 1.60. The minimum absolute atomic E-state index is 0.0420. The number of alkyl halides is 3. The van der Waals surface area contributed by atoms with Crippen molar-refractivity contribution in [3.05, 3.63) is 66.1 Å². The topological polar surface area (TPSA) is 76.1 Å². The highest BCUT2D eigenvalue weighted by Crippen LogP contribution is 2.39. The Morgan fingerprint density at radius 3 is 2.50 bits per heavy atom. The Balaban J connectivity index is 1.96. The summed E-state index contributed by atoms with van der Waals surface area (Å²) in [5.74, 6) is -0.454. The predicted octanol–water partition coefficient (Wildman–Crippen LogP) is 5.44. The van der Waals surface area contributed by atoms with Crippen molar-refractivity contribution in [3.63, 3.8) is 0 Å². The molecule has 2 aromatic carbocycles. The van der Waals surface area contributed by atoms with Gasteiger partial charge in [-0.1, -0.05) is 12.1 Å². The van der Waals surface area contributed by atoms with E-state index in [0.717, 1.165) is 11.1 Å². The highest BCUT2D eigenvalue weighted by molar-refractivity contribution is 7.91. The average Bonchev–Trinajstić information content (AvgIpc) is 3.12. The van der Waals surface area contributed by atoms with Crippen LogP contribution in [0.3, 0.4) is 0 Å². The van der Waals surface area contributed by atoms with Crippen LogP contribution in [0.5, 0.6) is 5.88 Å². The molecule has 2 aromatic heterocycles. The number of fused-ring (bicyclic) bond motifs is 1. The van der Waals surface area contributed by atoms with Crippen LogP contribution in [0.4, 0.5) is 23.2 Å². The zero-order chi connectivity index (χ0) is 23.2. The van der Waals surface area contributed by atoms with E-state index in [1.54, 1.807) is 24.4 Å². The Labute approximate surface area is 183 Å². The maximum absolute atomic E-state index is 14.7. The van der Waals surface area contributed by atoms with E-state index in [2.05, 4.69) is 4.98 Å².